The van der Waals surface area contributed by atoms with E-state index in [4.69, 9.17) is 4.74 Å². The number of aliphatic imine (C=N–C) groups is 1. The minimum atomic E-state index is -2.85. The summed E-state index contributed by atoms with van der Waals surface area (Å²) in [5, 5.41) is 6.55. The molecule has 8 heteroatoms. The fourth-order valence-electron chi connectivity index (χ4n) is 3.24. The summed E-state index contributed by atoms with van der Waals surface area (Å²) < 4.78 is 35.3. The van der Waals surface area contributed by atoms with Crippen LogP contribution in [0.4, 0.5) is 8.78 Å². The normalized spacial score (nSPS) is 17.3. The molecule has 0 saturated carbocycles. The highest BCUT2D eigenvalue weighted by Gasteiger charge is 2.34. The van der Waals surface area contributed by atoms with Gasteiger partial charge >= 0.3 is 6.61 Å². The van der Waals surface area contributed by atoms with Crippen LogP contribution in [-0.2, 0) is 11.3 Å². The number of aryl methyl sites for hydroxylation is 1. The van der Waals surface area contributed by atoms with Crippen LogP contribution in [0, 0.1) is 6.92 Å². The highest BCUT2D eigenvalue weighted by Crippen LogP contribution is 2.25. The van der Waals surface area contributed by atoms with Gasteiger partial charge in [0.2, 0.25) is 0 Å². The molecule has 2 rings (SSSR count). The van der Waals surface area contributed by atoms with Crippen molar-refractivity contribution in [3.63, 3.8) is 0 Å². The van der Waals surface area contributed by atoms with Gasteiger partial charge in [-0.25, -0.2) is 0 Å². The maximum absolute atomic E-state index is 12.6. The van der Waals surface area contributed by atoms with Crippen LogP contribution in [0.3, 0.4) is 0 Å². The van der Waals surface area contributed by atoms with Gasteiger partial charge in [0.1, 0.15) is 5.75 Å². The van der Waals surface area contributed by atoms with E-state index in [0.717, 1.165) is 38.2 Å². The molecule has 2 N–H and O–H groups in total. The topological polar surface area (TPSA) is 58.1 Å². The zero-order chi connectivity index (χ0) is 19.9. The zero-order valence-corrected chi connectivity index (χ0v) is 16.5. The zero-order valence-electron chi connectivity index (χ0n) is 16.5. The molecule has 1 aromatic carbocycles. The Morgan fingerprint density at radius 1 is 1.30 bits per heavy atom. The number of guanidine groups is 1. The van der Waals surface area contributed by atoms with Crippen molar-refractivity contribution in [2.75, 3.05) is 40.9 Å². The summed E-state index contributed by atoms with van der Waals surface area (Å²) in [6, 6.07) is 5.15. The molecule has 1 fully saturated rings. The average Bonchev–Trinajstić information content (AvgIpc) is 2.64. The van der Waals surface area contributed by atoms with E-state index in [1.807, 2.05) is 13.0 Å². The molecule has 0 amide bonds. The van der Waals surface area contributed by atoms with E-state index < -0.39 is 6.61 Å². The summed E-state index contributed by atoms with van der Waals surface area (Å²) in [6.45, 7) is 1.60. The highest BCUT2D eigenvalue weighted by molar-refractivity contribution is 5.79. The van der Waals surface area contributed by atoms with Gasteiger partial charge in [-0.15, -0.1) is 0 Å². The molecule has 1 heterocycles. The summed E-state index contributed by atoms with van der Waals surface area (Å²) in [4.78, 5) is 6.47. The third-order valence-corrected chi connectivity index (χ3v) is 5.06. The van der Waals surface area contributed by atoms with Crippen LogP contribution in [-0.4, -0.2) is 63.9 Å². The Bertz CT molecular complexity index is 632. The van der Waals surface area contributed by atoms with Crippen molar-refractivity contribution in [1.82, 2.24) is 15.5 Å². The molecule has 152 valence electrons. The predicted octanol–water partition coefficient (Wildman–Crippen LogP) is 2.37. The van der Waals surface area contributed by atoms with Crippen molar-refractivity contribution in [2.45, 2.75) is 38.5 Å². The molecular weight excluding hydrogens is 354 g/mol. The lowest BCUT2D eigenvalue weighted by atomic mass is 9.88. The number of likely N-dealkylation sites (N-methyl/N-ethyl adjacent to an activating group) is 1. The van der Waals surface area contributed by atoms with E-state index in [1.165, 1.54) is 0 Å². The van der Waals surface area contributed by atoms with E-state index in [-0.39, 0.29) is 11.3 Å². The molecule has 1 aliphatic heterocycles. The number of benzene rings is 1. The van der Waals surface area contributed by atoms with Crippen LogP contribution in [0.15, 0.2) is 23.2 Å². The first-order chi connectivity index (χ1) is 12.9. The molecule has 0 spiro atoms. The van der Waals surface area contributed by atoms with Crippen LogP contribution in [0.2, 0.25) is 0 Å². The fraction of sp³-hybridized carbons (Fsp3) is 0.632. The second kappa shape index (κ2) is 9.85. The third kappa shape index (κ3) is 6.04. The van der Waals surface area contributed by atoms with Gasteiger partial charge in [0, 0.05) is 44.5 Å². The number of hydrogen-bond donors (Lipinski definition) is 2. The minimum absolute atomic E-state index is 0.00313. The first kappa shape index (κ1) is 21.4. The Morgan fingerprint density at radius 2 is 2.00 bits per heavy atom. The highest BCUT2D eigenvalue weighted by atomic mass is 19.3. The molecule has 27 heavy (non-hydrogen) atoms. The summed E-state index contributed by atoms with van der Waals surface area (Å²) in [5.41, 5.74) is 1.64. The summed E-state index contributed by atoms with van der Waals surface area (Å²) in [7, 11) is 5.84. The van der Waals surface area contributed by atoms with E-state index >= 15 is 0 Å². The second-order valence-electron chi connectivity index (χ2n) is 7.00. The standard InChI is InChI=1S/C19H30F2N4O2/c1-14-5-6-16(27-17(20)21)15(11-14)12-23-18(22-2)24-13-19(25(3)4)7-9-26-10-8-19/h5-6,11,17H,7-10,12-13H2,1-4H3,(H2,22,23,24). The van der Waals surface area contributed by atoms with Gasteiger partial charge in [0.15, 0.2) is 5.96 Å². The Labute approximate surface area is 159 Å². The number of nitrogens with one attached hydrogen (secondary N) is 2. The summed E-state index contributed by atoms with van der Waals surface area (Å²) in [6.07, 6.45) is 1.88. The van der Waals surface area contributed by atoms with Crippen LogP contribution in [0.5, 0.6) is 5.75 Å². The molecule has 0 atom stereocenters. The van der Waals surface area contributed by atoms with Gasteiger partial charge in [0.05, 0.1) is 0 Å². The van der Waals surface area contributed by atoms with Crippen LogP contribution in [0.1, 0.15) is 24.0 Å². The van der Waals surface area contributed by atoms with E-state index in [9.17, 15) is 8.78 Å². The average molecular weight is 384 g/mol. The van der Waals surface area contributed by atoms with Gasteiger partial charge in [-0.3, -0.25) is 4.99 Å². The number of halogens is 2. The minimum Gasteiger partial charge on any atom is -0.434 e. The summed E-state index contributed by atoms with van der Waals surface area (Å²) in [5.74, 6) is 0.792. The Balaban J connectivity index is 1.99. The van der Waals surface area contributed by atoms with E-state index in [1.54, 1.807) is 19.2 Å². The van der Waals surface area contributed by atoms with Crippen molar-refractivity contribution in [3.05, 3.63) is 29.3 Å². The predicted molar refractivity (Wildman–Crippen MR) is 102 cm³/mol. The molecule has 0 bridgehead atoms. The maximum atomic E-state index is 12.6. The van der Waals surface area contributed by atoms with Crippen LogP contribution >= 0.6 is 0 Å². The maximum Gasteiger partial charge on any atom is 0.387 e. The largest absolute Gasteiger partial charge is 0.434 e. The van der Waals surface area contributed by atoms with Gasteiger partial charge < -0.3 is 25.0 Å². The number of nitrogens with zero attached hydrogens (tertiary/aromatic N) is 2. The van der Waals surface area contributed by atoms with Gasteiger partial charge in [-0.05, 0) is 39.9 Å². The van der Waals surface area contributed by atoms with Crippen LogP contribution < -0.4 is 15.4 Å². The van der Waals surface area contributed by atoms with Gasteiger partial charge in [-0.1, -0.05) is 17.7 Å². The molecule has 1 saturated heterocycles. The van der Waals surface area contributed by atoms with E-state index in [2.05, 4.69) is 39.4 Å². The Kier molecular flexibility index (Phi) is 7.79. The van der Waals surface area contributed by atoms with Crippen molar-refractivity contribution < 1.29 is 18.3 Å². The Hall–Kier alpha value is -1.93. The Morgan fingerprint density at radius 3 is 2.59 bits per heavy atom. The van der Waals surface area contributed by atoms with Crippen molar-refractivity contribution in [3.8, 4) is 5.75 Å². The second-order valence-corrected chi connectivity index (χ2v) is 7.00. The number of rotatable bonds is 7. The van der Waals surface area contributed by atoms with Crippen molar-refractivity contribution in [2.24, 2.45) is 4.99 Å². The fourth-order valence-corrected chi connectivity index (χ4v) is 3.24. The van der Waals surface area contributed by atoms with E-state index in [0.29, 0.717) is 18.1 Å². The molecule has 0 radical (unpaired) electrons. The molecule has 0 aromatic heterocycles. The summed E-state index contributed by atoms with van der Waals surface area (Å²) >= 11 is 0. The first-order valence-electron chi connectivity index (χ1n) is 9.10. The molecule has 6 nitrogen and oxygen atoms in total. The number of ether oxygens (including phenoxy) is 2. The third-order valence-electron chi connectivity index (χ3n) is 5.06. The SMILES string of the molecule is CN=C(NCc1cc(C)ccc1OC(F)F)NCC1(N(C)C)CCOCC1. The van der Waals surface area contributed by atoms with Crippen molar-refractivity contribution in [1.29, 1.82) is 0 Å². The lowest BCUT2D eigenvalue weighted by Crippen LogP contribution is -2.57. The quantitative estimate of drug-likeness (QED) is 0.558. The molecule has 0 unspecified atom stereocenters. The lowest BCUT2D eigenvalue weighted by Gasteiger charge is -2.43. The molecule has 1 aromatic rings. The smallest absolute Gasteiger partial charge is 0.387 e. The first-order valence-corrected chi connectivity index (χ1v) is 9.10. The molecular formula is C19H30F2N4O2. The molecule has 1 aliphatic rings. The van der Waals surface area contributed by atoms with Crippen molar-refractivity contribution >= 4 is 5.96 Å². The number of hydrogen-bond acceptors (Lipinski definition) is 4. The monoisotopic (exact) mass is 384 g/mol. The van der Waals surface area contributed by atoms with Gasteiger partial charge in [-0.2, -0.15) is 8.78 Å². The van der Waals surface area contributed by atoms with Gasteiger partial charge in [0.25, 0.3) is 0 Å². The van der Waals surface area contributed by atoms with Crippen LogP contribution in [0.25, 0.3) is 0 Å². The number of alkyl halides is 2. The lowest BCUT2D eigenvalue weighted by molar-refractivity contribution is -0.0504. The molecule has 0 aliphatic carbocycles.